The lowest BCUT2D eigenvalue weighted by molar-refractivity contribution is 0.0346. The molecule has 0 amide bonds. The summed E-state index contributed by atoms with van der Waals surface area (Å²) < 4.78 is 6.36. The predicted molar refractivity (Wildman–Crippen MR) is 95.3 cm³/mol. The van der Waals surface area contributed by atoms with Gasteiger partial charge in [0.2, 0.25) is 0 Å². The molecule has 1 aromatic carbocycles. The Bertz CT molecular complexity index is 625. The van der Waals surface area contributed by atoms with Crippen LogP contribution in [0.1, 0.15) is 83.3 Å². The van der Waals surface area contributed by atoms with Crippen molar-refractivity contribution in [1.29, 1.82) is 0 Å². The molecule has 1 aliphatic carbocycles. The zero-order valence-corrected chi connectivity index (χ0v) is 15.0. The highest BCUT2D eigenvalue weighted by atomic mass is 16.5. The SMILES string of the molecule is CCCCCc1cc(O)c2c(c1)O[C@]1(C)CCC(=C(C)C)[C@H]2C1. The van der Waals surface area contributed by atoms with Crippen LogP contribution in [0.2, 0.25) is 0 Å². The number of allylic oxidation sites excluding steroid dienone is 2. The molecule has 126 valence electrons. The predicted octanol–water partition coefficient (Wildman–Crippen LogP) is 5.88. The van der Waals surface area contributed by atoms with Crippen LogP contribution in [0.25, 0.3) is 0 Å². The Kier molecular flexibility index (Phi) is 4.44. The van der Waals surface area contributed by atoms with Crippen LogP contribution in [0.5, 0.6) is 11.5 Å². The highest BCUT2D eigenvalue weighted by Gasteiger charge is 2.44. The van der Waals surface area contributed by atoms with E-state index < -0.39 is 0 Å². The number of ether oxygens (including phenoxy) is 1. The molecule has 1 N–H and O–H groups in total. The quantitative estimate of drug-likeness (QED) is 0.555. The molecule has 2 atom stereocenters. The van der Waals surface area contributed by atoms with E-state index in [1.807, 2.05) is 6.07 Å². The first-order valence-corrected chi connectivity index (χ1v) is 9.14. The second-order valence-corrected chi connectivity index (χ2v) is 7.82. The molecule has 0 unspecified atom stereocenters. The second-order valence-electron chi connectivity index (χ2n) is 7.82. The van der Waals surface area contributed by atoms with Crippen LogP contribution in [0.3, 0.4) is 0 Å². The number of phenols is 1. The van der Waals surface area contributed by atoms with E-state index in [-0.39, 0.29) is 5.60 Å². The third-order valence-electron chi connectivity index (χ3n) is 5.58. The van der Waals surface area contributed by atoms with Crippen molar-refractivity contribution in [3.8, 4) is 11.5 Å². The zero-order chi connectivity index (χ0) is 16.6. The summed E-state index contributed by atoms with van der Waals surface area (Å²) in [6.45, 7) is 8.84. The molecule has 3 rings (SSSR count). The van der Waals surface area contributed by atoms with Crippen molar-refractivity contribution in [3.05, 3.63) is 34.4 Å². The van der Waals surface area contributed by atoms with E-state index in [2.05, 4.69) is 33.8 Å². The van der Waals surface area contributed by atoms with Gasteiger partial charge in [-0.05, 0) is 70.6 Å². The molecule has 1 heterocycles. The lowest BCUT2D eigenvalue weighted by Crippen LogP contribution is -2.42. The van der Waals surface area contributed by atoms with Crippen LogP contribution in [0.4, 0.5) is 0 Å². The van der Waals surface area contributed by atoms with E-state index in [4.69, 9.17) is 4.74 Å². The Hall–Kier alpha value is -1.44. The van der Waals surface area contributed by atoms with Crippen molar-refractivity contribution in [2.45, 2.75) is 84.2 Å². The molecule has 2 aliphatic rings. The normalized spacial score (nSPS) is 25.7. The summed E-state index contributed by atoms with van der Waals surface area (Å²) in [4.78, 5) is 0. The van der Waals surface area contributed by atoms with E-state index in [0.29, 0.717) is 11.7 Å². The molecule has 23 heavy (non-hydrogen) atoms. The molecule has 2 nitrogen and oxygen atoms in total. The number of aryl methyl sites for hydroxylation is 1. The summed E-state index contributed by atoms with van der Waals surface area (Å²) in [6.07, 6.45) is 7.80. The molecule has 1 saturated carbocycles. The monoisotopic (exact) mass is 314 g/mol. The number of rotatable bonds is 4. The Labute approximate surface area is 140 Å². The first kappa shape index (κ1) is 16.4. The maximum atomic E-state index is 10.7. The van der Waals surface area contributed by atoms with E-state index in [9.17, 15) is 5.11 Å². The fraction of sp³-hybridized carbons (Fsp3) is 0.619. The van der Waals surface area contributed by atoms with Crippen LogP contribution in [-0.2, 0) is 6.42 Å². The van der Waals surface area contributed by atoms with E-state index in [1.165, 1.54) is 36.0 Å². The Morgan fingerprint density at radius 3 is 2.78 bits per heavy atom. The fourth-order valence-corrected chi connectivity index (χ4v) is 4.29. The van der Waals surface area contributed by atoms with Gasteiger partial charge in [-0.1, -0.05) is 30.9 Å². The molecule has 0 spiro atoms. The number of phenolic OH excluding ortho intramolecular Hbond substituents is 1. The highest BCUT2D eigenvalue weighted by Crippen LogP contribution is 2.54. The summed E-state index contributed by atoms with van der Waals surface area (Å²) in [5, 5.41) is 10.7. The number of benzene rings is 1. The van der Waals surface area contributed by atoms with E-state index in [0.717, 1.165) is 37.0 Å². The lowest BCUT2D eigenvalue weighted by atomic mass is 9.69. The number of aromatic hydroxyl groups is 1. The number of hydrogen-bond acceptors (Lipinski definition) is 2. The summed E-state index contributed by atoms with van der Waals surface area (Å²) in [5.74, 6) is 1.68. The summed E-state index contributed by atoms with van der Waals surface area (Å²) in [7, 11) is 0. The van der Waals surface area contributed by atoms with Crippen molar-refractivity contribution in [2.24, 2.45) is 0 Å². The molecule has 1 aromatic rings. The topological polar surface area (TPSA) is 29.5 Å². The van der Waals surface area contributed by atoms with Gasteiger partial charge >= 0.3 is 0 Å². The number of unbranched alkanes of at least 4 members (excludes halogenated alkanes) is 2. The summed E-state index contributed by atoms with van der Waals surface area (Å²) >= 11 is 0. The first-order chi connectivity index (χ1) is 10.9. The van der Waals surface area contributed by atoms with E-state index >= 15 is 0 Å². The van der Waals surface area contributed by atoms with Gasteiger partial charge < -0.3 is 9.84 Å². The van der Waals surface area contributed by atoms with Crippen molar-refractivity contribution in [2.75, 3.05) is 0 Å². The van der Waals surface area contributed by atoms with E-state index in [1.54, 1.807) is 0 Å². The first-order valence-electron chi connectivity index (χ1n) is 9.14. The standard InChI is InChI=1S/C21H30O2/c1-5-6-7-8-15-11-18(22)20-17-13-21(4,23-19(20)12-15)10-9-16(17)14(2)3/h11-12,17,22H,5-10,13H2,1-4H3/t17-,21-/m1/s1. The van der Waals surface area contributed by atoms with Crippen molar-refractivity contribution in [1.82, 2.24) is 0 Å². The van der Waals surface area contributed by atoms with Gasteiger partial charge in [-0.2, -0.15) is 0 Å². The van der Waals surface area contributed by atoms with Crippen LogP contribution in [0, 0.1) is 0 Å². The van der Waals surface area contributed by atoms with Gasteiger partial charge in [0, 0.05) is 11.5 Å². The van der Waals surface area contributed by atoms with Crippen LogP contribution in [0.15, 0.2) is 23.3 Å². The van der Waals surface area contributed by atoms with Crippen LogP contribution >= 0.6 is 0 Å². The third kappa shape index (κ3) is 3.13. The second kappa shape index (κ2) is 6.22. The molecule has 0 saturated heterocycles. The molecular formula is C21H30O2. The fourth-order valence-electron chi connectivity index (χ4n) is 4.29. The van der Waals surface area contributed by atoms with Gasteiger partial charge in [0.25, 0.3) is 0 Å². The Morgan fingerprint density at radius 2 is 2.09 bits per heavy atom. The van der Waals surface area contributed by atoms with Gasteiger partial charge in [-0.25, -0.2) is 0 Å². The van der Waals surface area contributed by atoms with Gasteiger partial charge in [0.05, 0.1) is 0 Å². The minimum Gasteiger partial charge on any atom is -0.507 e. The summed E-state index contributed by atoms with van der Waals surface area (Å²) in [5.41, 5.74) is 5.05. The average Bonchev–Trinajstić information content (AvgIpc) is 2.46. The molecule has 1 aliphatic heterocycles. The third-order valence-corrected chi connectivity index (χ3v) is 5.58. The number of fused-ring (bicyclic) bond motifs is 4. The summed E-state index contributed by atoms with van der Waals surface area (Å²) in [6, 6.07) is 4.15. The van der Waals surface area contributed by atoms with Crippen molar-refractivity contribution < 1.29 is 9.84 Å². The Morgan fingerprint density at radius 1 is 1.30 bits per heavy atom. The van der Waals surface area contributed by atoms with Crippen molar-refractivity contribution in [3.63, 3.8) is 0 Å². The molecule has 2 heteroatoms. The van der Waals surface area contributed by atoms with Crippen LogP contribution in [-0.4, -0.2) is 10.7 Å². The lowest BCUT2D eigenvalue weighted by Gasteiger charge is -2.46. The zero-order valence-electron chi connectivity index (χ0n) is 15.0. The van der Waals surface area contributed by atoms with Gasteiger partial charge in [-0.3, -0.25) is 0 Å². The largest absolute Gasteiger partial charge is 0.507 e. The number of hydrogen-bond donors (Lipinski definition) is 1. The minimum absolute atomic E-state index is 0.0783. The van der Waals surface area contributed by atoms with Gasteiger partial charge in [0.15, 0.2) is 0 Å². The highest BCUT2D eigenvalue weighted by molar-refractivity contribution is 5.55. The molecule has 2 bridgehead atoms. The molecule has 0 radical (unpaired) electrons. The molecule has 1 fully saturated rings. The maximum absolute atomic E-state index is 10.7. The molecular weight excluding hydrogens is 284 g/mol. The minimum atomic E-state index is -0.0783. The maximum Gasteiger partial charge on any atom is 0.127 e. The van der Waals surface area contributed by atoms with Gasteiger partial charge in [-0.15, -0.1) is 0 Å². The smallest absolute Gasteiger partial charge is 0.127 e. The van der Waals surface area contributed by atoms with Crippen LogP contribution < -0.4 is 4.74 Å². The Balaban J connectivity index is 1.99. The van der Waals surface area contributed by atoms with Crippen molar-refractivity contribution >= 4 is 0 Å². The van der Waals surface area contributed by atoms with Gasteiger partial charge in [0.1, 0.15) is 17.1 Å². The molecule has 0 aromatic heterocycles. The average molecular weight is 314 g/mol.